The van der Waals surface area contributed by atoms with Crippen LogP contribution in [0.1, 0.15) is 71.4 Å². The minimum Gasteiger partial charge on any atom is -0.480 e. The van der Waals surface area contributed by atoms with Crippen LogP contribution < -0.4 is 37.2 Å². The van der Waals surface area contributed by atoms with Crippen molar-refractivity contribution >= 4 is 191 Å². The number of nitrogens with zero attached hydrogens (tertiary/aromatic N) is 10. The molecule has 9 aliphatic heterocycles. The lowest BCUT2D eigenvalue weighted by Gasteiger charge is -2.34. The van der Waals surface area contributed by atoms with E-state index in [0.717, 1.165) is 174 Å². The molecule has 0 spiro atoms. The molecule has 9 heterocycles. The fourth-order valence-electron chi connectivity index (χ4n) is 16.5. The van der Waals surface area contributed by atoms with E-state index >= 15 is 0 Å². The van der Waals surface area contributed by atoms with Gasteiger partial charge in [0.25, 0.3) is 11.1 Å². The van der Waals surface area contributed by atoms with Gasteiger partial charge in [-0.15, -0.1) is 0 Å². The van der Waals surface area contributed by atoms with Gasteiger partial charge in [-0.25, -0.2) is 0 Å². The summed E-state index contributed by atoms with van der Waals surface area (Å²) in [6, 6.07) is 80.4. The van der Waals surface area contributed by atoms with Gasteiger partial charge in [0, 0.05) is 191 Å². The molecule has 39 heteroatoms. The normalized spacial score (nSPS) is 16.2. The highest BCUT2D eigenvalue weighted by atomic mass is 35.5. The van der Waals surface area contributed by atoms with E-state index in [0.29, 0.717) is 137 Å². The summed E-state index contributed by atoms with van der Waals surface area (Å²) in [7, 11) is 0. The Morgan fingerprint density at radius 2 is 0.720 bits per heavy atom. The number of esters is 1. The molecule has 790 valence electrons. The summed E-state index contributed by atoms with van der Waals surface area (Å²) < 4.78 is 4.87. The van der Waals surface area contributed by atoms with Crippen molar-refractivity contribution in [1.29, 1.82) is 0 Å². The van der Waals surface area contributed by atoms with Crippen molar-refractivity contribution in [2.45, 2.75) is 46.1 Å². The number of aliphatic imine (C=N–C) groups is 1. The fraction of sp³-hybridized carbons (Fsp3) is 0.315. The van der Waals surface area contributed by atoms with Crippen LogP contribution in [0, 0.1) is 0 Å². The van der Waals surface area contributed by atoms with Crippen molar-refractivity contribution in [3.05, 3.63) is 335 Å². The van der Waals surface area contributed by atoms with Gasteiger partial charge in [-0.2, -0.15) is 0 Å². The molecule has 9 amide bonds. The molecule has 32 nitrogen and oxygen atoms in total. The summed E-state index contributed by atoms with van der Waals surface area (Å²) in [6.45, 7) is 20.6. The van der Waals surface area contributed by atoms with E-state index in [2.05, 4.69) is 63.0 Å². The third kappa shape index (κ3) is 40.0. The Kier molecular flexibility index (Phi) is 48.8. The predicted octanol–water partition coefficient (Wildman–Crippen LogP) is 12.7. The van der Waals surface area contributed by atoms with Gasteiger partial charge in [0.1, 0.15) is 13.1 Å². The topological polar surface area (TPSA) is 377 Å². The molecular formula is C111H122Cl7N17O15. The van der Waals surface area contributed by atoms with Gasteiger partial charge in [-0.05, 0) is 140 Å². The molecule has 0 aromatic heterocycles. The first-order valence-electron chi connectivity index (χ1n) is 49.1. The van der Waals surface area contributed by atoms with E-state index < -0.39 is 11.2 Å². The van der Waals surface area contributed by atoms with Crippen molar-refractivity contribution in [2.24, 2.45) is 4.99 Å². The SMILES string of the molecule is CCOC(=O)CN1CCN(Cc2ccccc2Cl)CC1=O.O=C(Cl)c1ccc2ccccc2c1.O=C(O)CN1CCN(Cc2ccccc2Cl)CC1=O.O=C1CN(C(=O)c2ccc3ccccc3c2)CCN1.O=C1CN(Cc2ccccc2Cl)CCN1.O=C1CN(Cc2ccccc2Cl)CCN1.O=C1CN(Cc2ccccc2Cl)CCN1CC1=Nc2ccccc2C1.O=C1CNCCN1.O=C1CNCCN1.O=Cc1ccccc1Cl. The highest BCUT2D eigenvalue weighted by Gasteiger charge is 2.31. The minimum atomic E-state index is -0.979. The molecular weight excluding hydrogens is 2060 g/mol. The van der Waals surface area contributed by atoms with Crippen molar-refractivity contribution in [1.82, 2.24) is 81.3 Å². The number of ether oxygens (including phenoxy) is 1. The van der Waals surface area contributed by atoms with Crippen molar-refractivity contribution in [3.8, 4) is 0 Å². The van der Waals surface area contributed by atoms with Crippen LogP contribution in [0.3, 0.4) is 0 Å². The molecule has 20 rings (SSSR count). The number of aliphatic carboxylic acids is 1. The second-order valence-corrected chi connectivity index (χ2v) is 38.3. The predicted molar refractivity (Wildman–Crippen MR) is 587 cm³/mol. The fourth-order valence-corrected chi connectivity index (χ4v) is 17.8. The Balaban J connectivity index is 0.000000161. The smallest absolute Gasteiger partial charge is 0.325 e. The number of amides is 9. The molecule has 8 saturated heterocycles. The maximum atomic E-state index is 12.5. The maximum absolute atomic E-state index is 12.5. The molecule has 0 aliphatic carbocycles. The number of piperazine rings is 8. The van der Waals surface area contributed by atoms with Gasteiger partial charge in [0.05, 0.1) is 76.2 Å². The third-order valence-electron chi connectivity index (χ3n) is 24.3. The van der Waals surface area contributed by atoms with E-state index in [1.54, 1.807) is 53.1 Å². The van der Waals surface area contributed by atoms with E-state index in [1.165, 1.54) is 10.5 Å². The molecule has 150 heavy (non-hydrogen) atoms. The standard InChI is InChI=1S/C20H20ClN3O.C15H19ClN2O3.C15H14N2O2.C13H15ClN2O3.2C11H13ClN2O.C11H7ClO.C7H5ClO.2C4H8N2O/c21-18-7-3-1-6-16(18)12-23-9-10-24(20(25)14-23)13-17-11-15-5-2-4-8-19(15)22-17;1-2-21-15(20)11-18-8-7-17(10-14(18)19)9-12-5-3-4-6-13(12)16;18-14-10-17(8-7-16-14)15(19)13-6-5-11-3-1-2-4-12(11)9-13;14-11-4-2-1-3-10(11)7-15-5-6-16(9-13(18)19)12(17)8-15;2*12-10-4-2-1-3-9(10)7-14-6-5-13-11(15)8-14;12-11(13)10-6-5-8-3-1-2-4-9(8)7-10;8-7-4-2-1-3-6(7)5-9;2*7-4-3-5-1-2-6-4/h1-8H,9-14H2;3-6H,2,7-11H2,1H3;1-6,9H,7-8,10H2,(H,16,18);1-4H,5-9H2,(H,18,19);2*1-4H,5-8H2,(H,13,15);1-7H;1-5H;2*5H,1-3H2,(H,6,7). The Hall–Kier alpha value is -13.1. The molecule has 0 bridgehead atoms. The minimum absolute atomic E-state index is 0.0343. The zero-order valence-electron chi connectivity index (χ0n) is 83.1. The van der Waals surface area contributed by atoms with Crippen LogP contribution in [0.2, 0.25) is 30.1 Å². The number of hydrogen-bond donors (Lipinski definition) is 8. The summed E-state index contributed by atoms with van der Waals surface area (Å²) in [5, 5.41) is 36.3. The van der Waals surface area contributed by atoms with Crippen LogP contribution >= 0.6 is 81.2 Å². The van der Waals surface area contributed by atoms with Crippen molar-refractivity contribution < 1.29 is 72.2 Å². The van der Waals surface area contributed by atoms with E-state index in [9.17, 15) is 62.3 Å². The van der Waals surface area contributed by atoms with Crippen LogP contribution in [-0.2, 0) is 91.8 Å². The Morgan fingerprint density at radius 3 is 1.08 bits per heavy atom. The highest BCUT2D eigenvalue weighted by molar-refractivity contribution is 6.67. The lowest BCUT2D eigenvalue weighted by Crippen LogP contribution is -2.51. The number of nitrogens with one attached hydrogen (secondary N) is 7. The van der Waals surface area contributed by atoms with Gasteiger partial charge in [0.2, 0.25) is 47.3 Å². The first-order valence-corrected chi connectivity index (χ1v) is 51.7. The molecule has 8 N–H and O–H groups in total. The van der Waals surface area contributed by atoms with Crippen LogP contribution in [0.15, 0.2) is 260 Å². The quantitative estimate of drug-likeness (QED) is 0.0200. The molecule has 0 atom stereocenters. The van der Waals surface area contributed by atoms with Crippen LogP contribution in [0.25, 0.3) is 21.5 Å². The molecule has 11 aromatic carbocycles. The molecule has 11 aromatic rings. The van der Waals surface area contributed by atoms with Crippen molar-refractivity contribution in [3.63, 3.8) is 0 Å². The van der Waals surface area contributed by atoms with Gasteiger partial charge in [-0.3, -0.25) is 91.8 Å². The highest BCUT2D eigenvalue weighted by Crippen LogP contribution is 2.29. The maximum Gasteiger partial charge on any atom is 0.325 e. The largest absolute Gasteiger partial charge is 0.480 e. The summed E-state index contributed by atoms with van der Waals surface area (Å²) in [6.07, 6.45) is 1.59. The Bertz CT molecular complexity index is 6380. The van der Waals surface area contributed by atoms with Crippen LogP contribution in [0.4, 0.5) is 5.69 Å². The number of para-hydroxylation sites is 1. The zero-order chi connectivity index (χ0) is 107. The lowest BCUT2D eigenvalue weighted by molar-refractivity contribution is -0.151. The number of halogens is 7. The van der Waals surface area contributed by atoms with E-state index in [-0.39, 0.29) is 85.3 Å². The number of rotatable bonds is 20. The van der Waals surface area contributed by atoms with E-state index in [4.69, 9.17) is 91.0 Å². The van der Waals surface area contributed by atoms with Gasteiger partial charge < -0.3 is 66.7 Å². The first-order chi connectivity index (χ1) is 72.5. The number of carboxylic acid groups (broad SMARTS) is 1. The third-order valence-corrected chi connectivity index (χ3v) is 26.7. The molecule has 0 radical (unpaired) electrons. The molecule has 0 saturated carbocycles. The summed E-state index contributed by atoms with van der Waals surface area (Å²) >= 11 is 41.5. The Labute approximate surface area is 907 Å². The number of carbonyl (C=O) groups excluding carboxylic acids is 12. The number of hydrogen-bond acceptors (Lipinski definition) is 22. The second-order valence-electron chi connectivity index (χ2n) is 35.5. The van der Waals surface area contributed by atoms with Gasteiger partial charge >= 0.3 is 11.9 Å². The monoisotopic (exact) mass is 2180 g/mol. The van der Waals surface area contributed by atoms with E-state index in [1.807, 2.05) is 227 Å². The summed E-state index contributed by atoms with van der Waals surface area (Å²) in [4.78, 5) is 167. The number of carbonyl (C=O) groups is 13. The zero-order valence-corrected chi connectivity index (χ0v) is 88.4. The number of benzene rings is 11. The van der Waals surface area contributed by atoms with Gasteiger partial charge in [0.15, 0.2) is 6.29 Å². The second kappa shape index (κ2) is 62.5. The lowest BCUT2D eigenvalue weighted by atomic mass is 10.1. The average Bonchev–Trinajstić information content (AvgIpc) is 1.51. The summed E-state index contributed by atoms with van der Waals surface area (Å²) in [5.74, 6) is -1.17. The Morgan fingerprint density at radius 1 is 0.360 bits per heavy atom. The van der Waals surface area contributed by atoms with Crippen LogP contribution in [-0.4, -0.2) is 315 Å². The number of aldehydes is 1. The summed E-state index contributed by atoms with van der Waals surface area (Å²) in [5.41, 5.74) is 10.3. The molecule has 0 unspecified atom stereocenters. The molecule has 9 aliphatic rings. The van der Waals surface area contributed by atoms with Crippen LogP contribution in [0.5, 0.6) is 0 Å². The number of carboxylic acids is 1. The average molecular weight is 2180 g/mol. The van der Waals surface area contributed by atoms with Crippen molar-refractivity contribution in [2.75, 3.05) is 183 Å². The van der Waals surface area contributed by atoms with Gasteiger partial charge in [-0.1, -0.05) is 258 Å². The molecule has 8 fully saturated rings. The first kappa shape index (κ1) is 117. The number of fused-ring (bicyclic) bond motifs is 3.